The zero-order valence-corrected chi connectivity index (χ0v) is 15.9. The molecule has 1 aliphatic rings. The fourth-order valence-corrected chi connectivity index (χ4v) is 5.40. The number of rotatable bonds is 6. The summed E-state index contributed by atoms with van der Waals surface area (Å²) in [5.41, 5.74) is 0. The van der Waals surface area contributed by atoms with Crippen LogP contribution in [0.5, 0.6) is 0 Å². The molecule has 1 heterocycles. The number of hydrogen-bond acceptors (Lipinski definition) is 4. The van der Waals surface area contributed by atoms with Gasteiger partial charge in [-0.05, 0) is 37.0 Å². The SMILES string of the molecule is C=CS(=O)(=O)NC[C@H]1CCCN(S(=O)(=O)c2cc(Cl)ccc2Cl)C1. The van der Waals surface area contributed by atoms with Gasteiger partial charge < -0.3 is 0 Å². The molecule has 0 amide bonds. The molecular formula is C14H18Cl2N2O4S2. The van der Waals surface area contributed by atoms with E-state index in [1.807, 2.05) is 0 Å². The zero-order valence-electron chi connectivity index (χ0n) is 12.8. The van der Waals surface area contributed by atoms with Gasteiger partial charge in [0.05, 0.1) is 5.02 Å². The first-order valence-electron chi connectivity index (χ1n) is 7.23. The number of piperidine rings is 1. The van der Waals surface area contributed by atoms with Crippen LogP contribution >= 0.6 is 23.2 Å². The second kappa shape index (κ2) is 7.72. The first kappa shape index (κ1) is 19.7. The van der Waals surface area contributed by atoms with E-state index in [1.54, 1.807) is 0 Å². The Balaban J connectivity index is 2.16. The van der Waals surface area contributed by atoms with Crippen LogP contribution in [0.15, 0.2) is 35.1 Å². The molecule has 1 N–H and O–H groups in total. The van der Waals surface area contributed by atoms with Crippen LogP contribution in [0.25, 0.3) is 0 Å². The highest BCUT2D eigenvalue weighted by atomic mass is 35.5. The Hall–Kier alpha value is -0.640. The number of halogens is 2. The summed E-state index contributed by atoms with van der Waals surface area (Å²) in [4.78, 5) is -0.0380. The van der Waals surface area contributed by atoms with Gasteiger partial charge in [0.25, 0.3) is 0 Å². The molecule has 1 atom stereocenters. The molecule has 1 aliphatic heterocycles. The monoisotopic (exact) mass is 412 g/mol. The summed E-state index contributed by atoms with van der Waals surface area (Å²) in [7, 11) is -7.32. The van der Waals surface area contributed by atoms with Gasteiger partial charge in [0, 0.05) is 30.1 Å². The van der Waals surface area contributed by atoms with E-state index in [1.165, 1.54) is 22.5 Å². The Bertz CT molecular complexity index is 825. The van der Waals surface area contributed by atoms with Crippen LogP contribution in [0.2, 0.25) is 10.0 Å². The standard InChI is InChI=1S/C14H18Cl2N2O4S2/c1-2-23(19,20)17-9-11-4-3-7-18(10-11)24(21,22)14-8-12(15)5-6-13(14)16/h2,5-6,8,11,17H,1,3-4,7,9-10H2/t11-/m1/s1. The van der Waals surface area contributed by atoms with Crippen LogP contribution < -0.4 is 4.72 Å². The second-order valence-corrected chi connectivity index (χ2v) is 9.97. The Morgan fingerprint density at radius 1 is 1.29 bits per heavy atom. The van der Waals surface area contributed by atoms with Crippen molar-refractivity contribution >= 4 is 43.2 Å². The van der Waals surface area contributed by atoms with Crippen LogP contribution in [0.4, 0.5) is 0 Å². The third-order valence-electron chi connectivity index (χ3n) is 3.79. The van der Waals surface area contributed by atoms with Gasteiger partial charge in [-0.3, -0.25) is 0 Å². The van der Waals surface area contributed by atoms with E-state index in [0.29, 0.717) is 13.0 Å². The van der Waals surface area contributed by atoms with Gasteiger partial charge in [-0.25, -0.2) is 21.6 Å². The van der Waals surface area contributed by atoms with Gasteiger partial charge in [0.1, 0.15) is 4.90 Å². The van der Waals surface area contributed by atoms with Gasteiger partial charge in [-0.2, -0.15) is 4.31 Å². The predicted octanol–water partition coefficient (Wildman–Crippen LogP) is 2.46. The molecule has 0 radical (unpaired) electrons. The lowest BCUT2D eigenvalue weighted by atomic mass is 10.0. The molecule has 0 bridgehead atoms. The molecule has 0 spiro atoms. The lowest BCUT2D eigenvalue weighted by molar-refractivity contribution is 0.267. The molecule has 1 aromatic rings. The Labute approximate surface area is 152 Å². The fraction of sp³-hybridized carbons (Fsp3) is 0.429. The summed E-state index contributed by atoms with van der Waals surface area (Å²) in [6, 6.07) is 4.28. The van der Waals surface area contributed by atoms with Crippen LogP contribution in [0.3, 0.4) is 0 Å². The largest absolute Gasteiger partial charge is 0.244 e. The molecular weight excluding hydrogens is 395 g/mol. The molecule has 134 valence electrons. The van der Waals surface area contributed by atoms with Crippen LogP contribution in [0, 0.1) is 5.92 Å². The molecule has 1 aromatic carbocycles. The number of nitrogens with zero attached hydrogens (tertiary/aromatic N) is 1. The molecule has 0 aliphatic carbocycles. The lowest BCUT2D eigenvalue weighted by Crippen LogP contribution is -2.43. The van der Waals surface area contributed by atoms with E-state index in [0.717, 1.165) is 11.8 Å². The molecule has 6 nitrogen and oxygen atoms in total. The molecule has 1 saturated heterocycles. The molecule has 0 aromatic heterocycles. The average molecular weight is 413 g/mol. The van der Waals surface area contributed by atoms with E-state index in [-0.39, 0.29) is 33.9 Å². The molecule has 2 rings (SSSR count). The van der Waals surface area contributed by atoms with Crippen molar-refractivity contribution in [2.24, 2.45) is 5.92 Å². The van der Waals surface area contributed by atoms with Gasteiger partial charge in [0.2, 0.25) is 20.0 Å². The lowest BCUT2D eigenvalue weighted by Gasteiger charge is -2.32. The van der Waals surface area contributed by atoms with Gasteiger partial charge in [-0.15, -0.1) is 0 Å². The van der Waals surface area contributed by atoms with Crippen molar-refractivity contribution in [3.05, 3.63) is 40.2 Å². The van der Waals surface area contributed by atoms with E-state index in [2.05, 4.69) is 11.3 Å². The maximum absolute atomic E-state index is 12.8. The first-order valence-corrected chi connectivity index (χ1v) is 11.0. The van der Waals surface area contributed by atoms with Crippen molar-refractivity contribution in [3.63, 3.8) is 0 Å². The summed E-state index contributed by atoms with van der Waals surface area (Å²) in [6.07, 6.45) is 1.37. The van der Waals surface area contributed by atoms with Crippen LogP contribution in [0.1, 0.15) is 12.8 Å². The number of benzene rings is 1. The first-order chi connectivity index (χ1) is 11.2. The minimum absolute atomic E-state index is 0.0380. The third-order valence-corrected chi connectivity index (χ3v) is 7.38. The number of sulfonamides is 2. The van der Waals surface area contributed by atoms with Crippen molar-refractivity contribution in [1.29, 1.82) is 0 Å². The summed E-state index contributed by atoms with van der Waals surface area (Å²) in [5.74, 6) is -0.124. The maximum Gasteiger partial charge on any atom is 0.244 e. The highest BCUT2D eigenvalue weighted by molar-refractivity contribution is 7.92. The summed E-state index contributed by atoms with van der Waals surface area (Å²) >= 11 is 11.9. The Morgan fingerprint density at radius 3 is 2.67 bits per heavy atom. The van der Waals surface area contributed by atoms with E-state index >= 15 is 0 Å². The molecule has 24 heavy (non-hydrogen) atoms. The van der Waals surface area contributed by atoms with Crippen molar-refractivity contribution in [2.45, 2.75) is 17.7 Å². The summed E-state index contributed by atoms with van der Waals surface area (Å²) in [6.45, 7) is 3.95. The van der Waals surface area contributed by atoms with Gasteiger partial charge in [-0.1, -0.05) is 29.8 Å². The Morgan fingerprint density at radius 2 is 2.00 bits per heavy atom. The minimum Gasteiger partial charge on any atom is -0.211 e. The van der Waals surface area contributed by atoms with E-state index in [4.69, 9.17) is 23.2 Å². The van der Waals surface area contributed by atoms with E-state index in [9.17, 15) is 16.8 Å². The zero-order chi connectivity index (χ0) is 18.0. The van der Waals surface area contributed by atoms with Crippen molar-refractivity contribution in [3.8, 4) is 0 Å². The van der Waals surface area contributed by atoms with Crippen molar-refractivity contribution in [1.82, 2.24) is 9.03 Å². The van der Waals surface area contributed by atoms with Gasteiger partial charge >= 0.3 is 0 Å². The quantitative estimate of drug-likeness (QED) is 0.777. The summed E-state index contributed by atoms with van der Waals surface area (Å²) < 4.78 is 52.2. The Kier molecular flexibility index (Phi) is 6.33. The molecule has 1 fully saturated rings. The molecule has 0 unspecified atom stereocenters. The number of hydrogen-bond donors (Lipinski definition) is 1. The van der Waals surface area contributed by atoms with Crippen LogP contribution in [-0.2, 0) is 20.0 Å². The van der Waals surface area contributed by atoms with Crippen molar-refractivity contribution in [2.75, 3.05) is 19.6 Å². The average Bonchev–Trinajstić information content (AvgIpc) is 2.55. The van der Waals surface area contributed by atoms with Crippen LogP contribution in [-0.4, -0.2) is 40.8 Å². The topological polar surface area (TPSA) is 83.6 Å². The maximum atomic E-state index is 12.8. The fourth-order valence-electron chi connectivity index (χ4n) is 2.52. The van der Waals surface area contributed by atoms with Crippen molar-refractivity contribution < 1.29 is 16.8 Å². The van der Waals surface area contributed by atoms with E-state index < -0.39 is 20.0 Å². The smallest absolute Gasteiger partial charge is 0.211 e. The normalized spacial score (nSPS) is 20.0. The summed E-state index contributed by atoms with van der Waals surface area (Å²) in [5, 5.41) is 1.22. The highest BCUT2D eigenvalue weighted by Gasteiger charge is 2.32. The predicted molar refractivity (Wildman–Crippen MR) is 95.1 cm³/mol. The molecule has 10 heteroatoms. The second-order valence-electron chi connectivity index (χ2n) is 5.51. The minimum atomic E-state index is -3.79. The highest BCUT2D eigenvalue weighted by Crippen LogP contribution is 2.30. The third kappa shape index (κ3) is 4.71. The molecule has 0 saturated carbocycles. The number of nitrogens with one attached hydrogen (secondary N) is 1. The van der Waals surface area contributed by atoms with Gasteiger partial charge in [0.15, 0.2) is 0 Å².